The van der Waals surface area contributed by atoms with Gasteiger partial charge in [0, 0.05) is 31.9 Å². The molecule has 1 aromatic carbocycles. The number of carbonyl (C=O) groups excluding carboxylic acids is 1. The smallest absolute Gasteiger partial charge is 0.246 e. The molecular formula is C25H35N3O2. The molecule has 1 aromatic heterocycles. The van der Waals surface area contributed by atoms with Crippen molar-refractivity contribution in [3.8, 4) is 5.75 Å². The second-order valence-corrected chi connectivity index (χ2v) is 7.72. The Morgan fingerprint density at radius 1 is 1.07 bits per heavy atom. The lowest BCUT2D eigenvalue weighted by molar-refractivity contribution is -0.126. The van der Waals surface area contributed by atoms with Gasteiger partial charge in [0.25, 0.3) is 0 Å². The Balaban J connectivity index is 1.91. The first-order valence-electron chi connectivity index (χ1n) is 10.8. The Morgan fingerprint density at radius 2 is 1.80 bits per heavy atom. The lowest BCUT2D eigenvalue weighted by Gasteiger charge is -2.27. The van der Waals surface area contributed by atoms with E-state index in [0.717, 1.165) is 49.7 Å². The maximum absolute atomic E-state index is 12.8. The third-order valence-electron chi connectivity index (χ3n) is 4.89. The van der Waals surface area contributed by atoms with E-state index in [2.05, 4.69) is 37.6 Å². The Kier molecular flexibility index (Phi) is 10.1. The van der Waals surface area contributed by atoms with Gasteiger partial charge in [0.1, 0.15) is 12.4 Å². The van der Waals surface area contributed by atoms with Crippen LogP contribution < -0.4 is 4.74 Å². The molecule has 2 aromatic rings. The van der Waals surface area contributed by atoms with Crippen LogP contribution in [0.2, 0.25) is 0 Å². The molecule has 0 aliphatic carbocycles. The van der Waals surface area contributed by atoms with Crippen molar-refractivity contribution in [2.45, 2.75) is 34.3 Å². The van der Waals surface area contributed by atoms with E-state index in [1.54, 1.807) is 12.3 Å². The van der Waals surface area contributed by atoms with Gasteiger partial charge in [0.2, 0.25) is 5.91 Å². The highest BCUT2D eigenvalue weighted by atomic mass is 16.5. The van der Waals surface area contributed by atoms with Gasteiger partial charge < -0.3 is 14.5 Å². The number of hydrogen-bond donors (Lipinski definition) is 0. The summed E-state index contributed by atoms with van der Waals surface area (Å²) in [6, 6.07) is 13.5. The van der Waals surface area contributed by atoms with Crippen LogP contribution in [0.1, 0.15) is 39.0 Å². The minimum Gasteiger partial charge on any atom is -0.487 e. The number of benzene rings is 1. The highest BCUT2D eigenvalue weighted by Crippen LogP contribution is 2.15. The van der Waals surface area contributed by atoms with E-state index in [0.29, 0.717) is 12.5 Å². The molecule has 1 amide bonds. The fourth-order valence-corrected chi connectivity index (χ4v) is 3.12. The molecule has 162 valence electrons. The van der Waals surface area contributed by atoms with Crippen LogP contribution in [0.15, 0.2) is 54.7 Å². The third-order valence-corrected chi connectivity index (χ3v) is 4.89. The fourth-order valence-electron chi connectivity index (χ4n) is 3.12. The second-order valence-electron chi connectivity index (χ2n) is 7.72. The molecule has 0 N–H and O–H groups in total. The van der Waals surface area contributed by atoms with Gasteiger partial charge in [-0.05, 0) is 54.9 Å². The van der Waals surface area contributed by atoms with E-state index >= 15 is 0 Å². The van der Waals surface area contributed by atoms with Gasteiger partial charge in [0.15, 0.2) is 0 Å². The molecule has 0 unspecified atom stereocenters. The van der Waals surface area contributed by atoms with Crippen LogP contribution in [0, 0.1) is 5.92 Å². The first kappa shape index (κ1) is 23.6. The van der Waals surface area contributed by atoms with Gasteiger partial charge in [-0.2, -0.15) is 0 Å². The highest BCUT2D eigenvalue weighted by molar-refractivity contribution is 5.91. The summed E-state index contributed by atoms with van der Waals surface area (Å²) in [5.41, 5.74) is 1.86. The summed E-state index contributed by atoms with van der Waals surface area (Å²) in [7, 11) is 0. The van der Waals surface area contributed by atoms with Crippen LogP contribution in [0.4, 0.5) is 0 Å². The van der Waals surface area contributed by atoms with Crippen LogP contribution in [0.25, 0.3) is 6.08 Å². The summed E-state index contributed by atoms with van der Waals surface area (Å²) in [5.74, 6) is 1.28. The minimum absolute atomic E-state index is 0.0614. The molecule has 0 aliphatic heterocycles. The Morgan fingerprint density at radius 3 is 2.40 bits per heavy atom. The van der Waals surface area contributed by atoms with Crippen molar-refractivity contribution in [1.82, 2.24) is 14.8 Å². The lowest BCUT2D eigenvalue weighted by Crippen LogP contribution is -2.39. The summed E-state index contributed by atoms with van der Waals surface area (Å²) in [5, 5.41) is 0. The zero-order valence-electron chi connectivity index (χ0n) is 18.8. The number of hydrogen-bond acceptors (Lipinski definition) is 4. The molecule has 0 aliphatic rings. The molecule has 5 heteroatoms. The number of carbonyl (C=O) groups is 1. The largest absolute Gasteiger partial charge is 0.487 e. The Labute approximate surface area is 181 Å². The molecule has 0 fully saturated rings. The average molecular weight is 410 g/mol. The Hall–Kier alpha value is -2.66. The second kappa shape index (κ2) is 12.8. The molecule has 0 atom stereocenters. The molecular weight excluding hydrogens is 374 g/mol. The molecule has 1 heterocycles. The van der Waals surface area contributed by atoms with Crippen molar-refractivity contribution in [2.75, 3.05) is 32.7 Å². The quantitative estimate of drug-likeness (QED) is 0.484. The van der Waals surface area contributed by atoms with Crippen LogP contribution in [-0.2, 0) is 11.4 Å². The van der Waals surface area contributed by atoms with Crippen molar-refractivity contribution < 1.29 is 9.53 Å². The van der Waals surface area contributed by atoms with Gasteiger partial charge in [0.05, 0.1) is 5.69 Å². The average Bonchev–Trinajstić information content (AvgIpc) is 2.77. The van der Waals surface area contributed by atoms with Gasteiger partial charge in [-0.25, -0.2) is 0 Å². The molecule has 0 saturated carbocycles. The summed E-state index contributed by atoms with van der Waals surface area (Å²) in [6.45, 7) is 13.5. The number of nitrogens with zero attached hydrogens (tertiary/aromatic N) is 3. The first-order chi connectivity index (χ1) is 14.5. The fraction of sp³-hybridized carbons (Fsp3) is 0.440. The summed E-state index contributed by atoms with van der Waals surface area (Å²) in [4.78, 5) is 21.3. The molecule has 2 rings (SSSR count). The standard InChI is InChI=1S/C25H35N3O2/c1-5-27(6-2)17-18-28(19-21(3)4)25(29)15-12-22-10-13-24(14-11-22)30-20-23-9-7-8-16-26-23/h7-16,21H,5-6,17-20H2,1-4H3/b15-12+. The highest BCUT2D eigenvalue weighted by Gasteiger charge is 2.13. The monoisotopic (exact) mass is 409 g/mol. The number of ether oxygens (including phenoxy) is 1. The zero-order valence-corrected chi connectivity index (χ0v) is 18.8. The molecule has 0 radical (unpaired) electrons. The normalized spacial score (nSPS) is 11.4. The SMILES string of the molecule is CCN(CC)CCN(CC(C)C)C(=O)/C=C/c1ccc(OCc2ccccn2)cc1. The maximum atomic E-state index is 12.8. The number of likely N-dealkylation sites (N-methyl/N-ethyl adjacent to an activating group) is 1. The maximum Gasteiger partial charge on any atom is 0.246 e. The van der Waals surface area contributed by atoms with E-state index in [4.69, 9.17) is 4.74 Å². The van der Waals surface area contributed by atoms with Crippen LogP contribution in [0.3, 0.4) is 0 Å². The Bertz CT molecular complexity index is 769. The van der Waals surface area contributed by atoms with E-state index in [1.807, 2.05) is 53.4 Å². The van der Waals surface area contributed by atoms with E-state index < -0.39 is 0 Å². The predicted molar refractivity (Wildman–Crippen MR) is 123 cm³/mol. The molecule has 0 bridgehead atoms. The van der Waals surface area contributed by atoms with Crippen molar-refractivity contribution in [2.24, 2.45) is 5.92 Å². The molecule has 5 nitrogen and oxygen atoms in total. The third kappa shape index (κ3) is 8.37. The summed E-state index contributed by atoms with van der Waals surface area (Å²) < 4.78 is 5.76. The van der Waals surface area contributed by atoms with Gasteiger partial charge in [-0.15, -0.1) is 0 Å². The van der Waals surface area contributed by atoms with Gasteiger partial charge in [-0.3, -0.25) is 9.78 Å². The summed E-state index contributed by atoms with van der Waals surface area (Å²) >= 11 is 0. The van der Waals surface area contributed by atoms with E-state index in [1.165, 1.54) is 0 Å². The van der Waals surface area contributed by atoms with Gasteiger partial charge >= 0.3 is 0 Å². The number of pyridine rings is 1. The zero-order chi connectivity index (χ0) is 21.8. The molecule has 0 saturated heterocycles. The van der Waals surface area contributed by atoms with Crippen molar-refractivity contribution in [1.29, 1.82) is 0 Å². The van der Waals surface area contributed by atoms with E-state index in [-0.39, 0.29) is 5.91 Å². The van der Waals surface area contributed by atoms with Crippen molar-refractivity contribution in [3.05, 3.63) is 66.0 Å². The van der Waals surface area contributed by atoms with Gasteiger partial charge in [-0.1, -0.05) is 45.9 Å². The molecule has 0 spiro atoms. The topological polar surface area (TPSA) is 45.7 Å². The number of amides is 1. The van der Waals surface area contributed by atoms with Crippen LogP contribution in [0.5, 0.6) is 5.75 Å². The van der Waals surface area contributed by atoms with Crippen molar-refractivity contribution in [3.63, 3.8) is 0 Å². The number of aromatic nitrogens is 1. The molecule has 30 heavy (non-hydrogen) atoms. The minimum atomic E-state index is 0.0614. The van der Waals surface area contributed by atoms with Crippen LogP contribution >= 0.6 is 0 Å². The van der Waals surface area contributed by atoms with Crippen molar-refractivity contribution >= 4 is 12.0 Å². The lowest BCUT2D eigenvalue weighted by atomic mass is 10.2. The first-order valence-corrected chi connectivity index (χ1v) is 10.8. The summed E-state index contributed by atoms with van der Waals surface area (Å²) in [6.07, 6.45) is 5.30. The number of rotatable bonds is 12. The van der Waals surface area contributed by atoms with Crippen LogP contribution in [-0.4, -0.2) is 53.4 Å². The van der Waals surface area contributed by atoms with E-state index in [9.17, 15) is 4.79 Å². The predicted octanol–water partition coefficient (Wildman–Crippen LogP) is 4.50.